The Labute approximate surface area is 176 Å². The molecule has 0 aliphatic heterocycles. The minimum Gasteiger partial charge on any atom is -0.494 e. The predicted octanol–water partition coefficient (Wildman–Crippen LogP) is 2.56. The maximum Gasteiger partial charge on any atom is 0.328 e. The molecule has 2 heterocycles. The van der Waals surface area contributed by atoms with Crippen LogP contribution in [0.2, 0.25) is 0 Å². The summed E-state index contributed by atoms with van der Waals surface area (Å²) in [7, 11) is 0. The molecule has 1 unspecified atom stereocenters. The maximum atomic E-state index is 12.3. The fraction of sp³-hybridized carbons (Fsp3) is 0.250. The monoisotopic (exact) mass is 427 g/mol. The zero-order valence-electron chi connectivity index (χ0n) is 16.4. The van der Waals surface area contributed by atoms with Gasteiger partial charge in [0, 0.05) is 24.5 Å². The van der Waals surface area contributed by atoms with Crippen molar-refractivity contribution in [2.45, 2.75) is 32.2 Å². The van der Waals surface area contributed by atoms with Gasteiger partial charge in [-0.1, -0.05) is 26.0 Å². The maximum absolute atomic E-state index is 12.3. The van der Waals surface area contributed by atoms with Gasteiger partial charge in [0.2, 0.25) is 5.88 Å². The van der Waals surface area contributed by atoms with Gasteiger partial charge in [-0.3, -0.25) is 19.3 Å². The Morgan fingerprint density at radius 2 is 2.03 bits per heavy atom. The SMILES string of the molecule is CC(C)c1ccc(-n2c(O)c(C=NC(Cc3cnc[nH]3)C(=O)O)c(=O)[nH]c2=S)cc1. The van der Waals surface area contributed by atoms with Crippen molar-refractivity contribution in [3.63, 3.8) is 0 Å². The summed E-state index contributed by atoms with van der Waals surface area (Å²) >= 11 is 5.20. The molecule has 0 radical (unpaired) electrons. The van der Waals surface area contributed by atoms with Crippen LogP contribution in [-0.2, 0) is 11.2 Å². The van der Waals surface area contributed by atoms with E-state index in [2.05, 4.69) is 33.8 Å². The molecule has 0 aliphatic carbocycles. The van der Waals surface area contributed by atoms with Crippen LogP contribution in [0.3, 0.4) is 0 Å². The zero-order chi connectivity index (χ0) is 21.8. The van der Waals surface area contributed by atoms with Crippen molar-refractivity contribution >= 4 is 24.4 Å². The van der Waals surface area contributed by atoms with E-state index < -0.39 is 23.5 Å². The molecule has 0 bridgehead atoms. The number of carbonyl (C=O) groups is 1. The molecular weight excluding hydrogens is 406 g/mol. The highest BCUT2D eigenvalue weighted by Gasteiger charge is 2.19. The van der Waals surface area contributed by atoms with Gasteiger partial charge in [0.25, 0.3) is 5.56 Å². The van der Waals surface area contributed by atoms with Gasteiger partial charge >= 0.3 is 5.97 Å². The van der Waals surface area contributed by atoms with Crippen LogP contribution < -0.4 is 5.56 Å². The van der Waals surface area contributed by atoms with Gasteiger partial charge in [-0.2, -0.15) is 0 Å². The van der Waals surface area contributed by atoms with Gasteiger partial charge in [-0.15, -0.1) is 0 Å². The number of hydrogen-bond acceptors (Lipinski definition) is 6. The lowest BCUT2D eigenvalue weighted by Crippen LogP contribution is -2.23. The molecule has 0 fully saturated rings. The van der Waals surface area contributed by atoms with Gasteiger partial charge in [0.15, 0.2) is 10.8 Å². The first-order valence-electron chi connectivity index (χ1n) is 9.19. The molecule has 4 N–H and O–H groups in total. The smallest absolute Gasteiger partial charge is 0.328 e. The Bertz CT molecular complexity index is 1180. The number of hydrogen-bond donors (Lipinski definition) is 4. The topological polar surface area (TPSA) is 136 Å². The molecule has 3 aromatic rings. The third-order valence-electron chi connectivity index (χ3n) is 4.58. The number of imidazole rings is 1. The summed E-state index contributed by atoms with van der Waals surface area (Å²) in [4.78, 5) is 37.0. The fourth-order valence-corrected chi connectivity index (χ4v) is 3.16. The van der Waals surface area contributed by atoms with E-state index in [9.17, 15) is 19.8 Å². The van der Waals surface area contributed by atoms with Gasteiger partial charge in [0.1, 0.15) is 5.56 Å². The Morgan fingerprint density at radius 3 is 2.60 bits per heavy atom. The number of aliphatic carboxylic acids is 1. The van der Waals surface area contributed by atoms with Crippen LogP contribution in [-0.4, -0.2) is 48.0 Å². The van der Waals surface area contributed by atoms with Crippen molar-refractivity contribution in [2.75, 3.05) is 0 Å². The number of aromatic nitrogens is 4. The standard InChI is InChI=1S/C20H21N5O4S/c1-11(2)12-3-5-14(6-4-12)25-18(27)15(17(26)24-20(25)30)9-22-16(19(28)29)7-13-8-21-10-23-13/h3-6,8-11,16,27H,7H2,1-2H3,(H,21,23)(H,28,29)(H,24,26,30). The molecule has 0 saturated heterocycles. The molecule has 0 saturated carbocycles. The molecular formula is C20H21N5O4S. The van der Waals surface area contributed by atoms with E-state index in [0.29, 0.717) is 17.3 Å². The average Bonchev–Trinajstić information content (AvgIpc) is 3.20. The molecule has 30 heavy (non-hydrogen) atoms. The molecule has 0 amide bonds. The lowest BCUT2D eigenvalue weighted by molar-refractivity contribution is -0.138. The lowest BCUT2D eigenvalue weighted by atomic mass is 10.0. The first-order valence-corrected chi connectivity index (χ1v) is 9.60. The number of H-pyrrole nitrogens is 2. The molecule has 3 rings (SSSR count). The van der Waals surface area contributed by atoms with Crippen molar-refractivity contribution in [3.8, 4) is 11.6 Å². The largest absolute Gasteiger partial charge is 0.494 e. The highest BCUT2D eigenvalue weighted by atomic mass is 32.1. The first kappa shape index (κ1) is 21.2. The number of rotatable bonds is 7. The average molecular weight is 427 g/mol. The number of aromatic hydroxyl groups is 1. The van der Waals surface area contributed by atoms with Gasteiger partial charge in [0.05, 0.1) is 12.0 Å². The molecule has 0 aliphatic rings. The summed E-state index contributed by atoms with van der Waals surface area (Å²) in [6, 6.07) is 6.21. The van der Waals surface area contributed by atoms with Crippen molar-refractivity contribution in [3.05, 3.63) is 68.7 Å². The second-order valence-corrected chi connectivity index (χ2v) is 7.38. The molecule has 10 heteroatoms. The van der Waals surface area contributed by atoms with Crippen LogP contribution in [0.5, 0.6) is 5.88 Å². The summed E-state index contributed by atoms with van der Waals surface area (Å²) in [5.74, 6) is -1.26. The number of carboxylic acid groups (broad SMARTS) is 1. The summed E-state index contributed by atoms with van der Waals surface area (Å²) in [6.45, 7) is 4.13. The van der Waals surface area contributed by atoms with Gasteiger partial charge in [-0.25, -0.2) is 9.78 Å². The summed E-state index contributed by atoms with van der Waals surface area (Å²) in [5, 5.41) is 20.1. The van der Waals surface area contributed by atoms with E-state index in [1.807, 2.05) is 12.1 Å². The second-order valence-electron chi connectivity index (χ2n) is 6.99. The molecule has 9 nitrogen and oxygen atoms in total. The van der Waals surface area contributed by atoms with Crippen LogP contribution in [0.25, 0.3) is 5.69 Å². The van der Waals surface area contributed by atoms with Crippen molar-refractivity contribution < 1.29 is 15.0 Å². The lowest BCUT2D eigenvalue weighted by Gasteiger charge is -2.13. The fourth-order valence-electron chi connectivity index (χ4n) is 2.88. The Kier molecular flexibility index (Phi) is 6.26. The van der Waals surface area contributed by atoms with Crippen LogP contribution in [0, 0.1) is 4.77 Å². The second kappa shape index (κ2) is 8.87. The van der Waals surface area contributed by atoms with Crippen LogP contribution >= 0.6 is 12.2 Å². The number of benzene rings is 1. The molecule has 1 atom stereocenters. The first-order chi connectivity index (χ1) is 14.3. The summed E-state index contributed by atoms with van der Waals surface area (Å²) in [5.41, 5.74) is 1.40. The Hall–Kier alpha value is -3.53. The third kappa shape index (κ3) is 4.54. The minimum atomic E-state index is -1.17. The van der Waals surface area contributed by atoms with E-state index in [1.54, 1.807) is 12.1 Å². The molecule has 1 aromatic carbocycles. The highest BCUT2D eigenvalue weighted by Crippen LogP contribution is 2.21. The summed E-state index contributed by atoms with van der Waals surface area (Å²) < 4.78 is 1.31. The Balaban J connectivity index is 2.00. The van der Waals surface area contributed by atoms with Crippen molar-refractivity contribution in [2.24, 2.45) is 4.99 Å². The van der Waals surface area contributed by atoms with Crippen LogP contribution in [0.1, 0.15) is 36.6 Å². The van der Waals surface area contributed by atoms with E-state index in [-0.39, 0.29) is 16.8 Å². The van der Waals surface area contributed by atoms with E-state index in [4.69, 9.17) is 12.2 Å². The normalized spacial score (nSPS) is 12.5. The van der Waals surface area contributed by atoms with Gasteiger partial charge in [-0.05, 0) is 35.8 Å². The van der Waals surface area contributed by atoms with Crippen molar-refractivity contribution in [1.29, 1.82) is 0 Å². The van der Waals surface area contributed by atoms with E-state index in [0.717, 1.165) is 11.8 Å². The molecule has 2 aromatic heterocycles. The Morgan fingerprint density at radius 1 is 1.33 bits per heavy atom. The van der Waals surface area contributed by atoms with Crippen LogP contribution in [0.15, 0.2) is 46.6 Å². The number of nitrogens with one attached hydrogen (secondary N) is 2. The zero-order valence-corrected chi connectivity index (χ0v) is 17.2. The van der Waals surface area contributed by atoms with Gasteiger partial charge < -0.3 is 15.2 Å². The van der Waals surface area contributed by atoms with Crippen LogP contribution in [0.4, 0.5) is 0 Å². The van der Waals surface area contributed by atoms with E-state index in [1.165, 1.54) is 17.1 Å². The van der Waals surface area contributed by atoms with E-state index >= 15 is 0 Å². The highest BCUT2D eigenvalue weighted by molar-refractivity contribution is 7.71. The third-order valence-corrected chi connectivity index (χ3v) is 4.86. The van der Waals surface area contributed by atoms with Crippen molar-refractivity contribution in [1.82, 2.24) is 19.5 Å². The number of carboxylic acids is 1. The summed E-state index contributed by atoms with van der Waals surface area (Å²) in [6.07, 6.45) is 4.04. The molecule has 156 valence electrons. The quantitative estimate of drug-likeness (QED) is 0.338. The minimum absolute atomic E-state index is 0.0131. The number of aromatic amines is 2. The number of aliphatic imine (C=N–C) groups is 1. The number of nitrogens with zero attached hydrogens (tertiary/aromatic N) is 3. The molecule has 0 spiro atoms. The predicted molar refractivity (Wildman–Crippen MR) is 114 cm³/mol.